The highest BCUT2D eigenvalue weighted by Crippen LogP contribution is 2.28. The molecule has 0 unspecified atom stereocenters. The van der Waals surface area contributed by atoms with Crippen LogP contribution in [0.4, 0.5) is 0 Å². The van der Waals surface area contributed by atoms with E-state index in [-0.39, 0.29) is 0 Å². The number of hydrogen-bond donors (Lipinski definition) is 1. The molecule has 116 valence electrons. The molecule has 4 rings (SSSR count). The average molecular weight is 303 g/mol. The second kappa shape index (κ2) is 5.09. The third-order valence-corrected chi connectivity index (χ3v) is 4.62. The Kier molecular flexibility index (Phi) is 3.15. The fourth-order valence-corrected chi connectivity index (χ4v) is 3.72. The Balaban J connectivity index is 2.24. The van der Waals surface area contributed by atoms with Crippen molar-refractivity contribution in [3.63, 3.8) is 0 Å². The van der Waals surface area contributed by atoms with Crippen LogP contribution in [0.15, 0.2) is 42.5 Å². The summed E-state index contributed by atoms with van der Waals surface area (Å²) in [7, 11) is 0. The van der Waals surface area contributed by atoms with Crippen molar-refractivity contribution >= 4 is 27.2 Å². The lowest BCUT2D eigenvalue weighted by atomic mass is 10.0. The number of fused-ring (bicyclic) bond motifs is 5. The minimum atomic E-state index is 0.626. The normalized spacial score (nSPS) is 12.0. The largest absolute Gasteiger partial charge is 0.253 e. The molecular formula is C21H23N2+. The summed E-state index contributed by atoms with van der Waals surface area (Å²) < 4.78 is 2.30. The Morgan fingerprint density at radius 3 is 2.57 bits per heavy atom. The number of nitrogens with one attached hydrogen (secondary N) is 1. The number of hydrogen-bond acceptors (Lipinski definition) is 0. The van der Waals surface area contributed by atoms with Gasteiger partial charge in [0.1, 0.15) is 5.52 Å². The van der Waals surface area contributed by atoms with Crippen molar-refractivity contribution in [1.82, 2.24) is 5.10 Å². The molecule has 0 aliphatic carbocycles. The molecule has 0 saturated heterocycles. The maximum absolute atomic E-state index is 3.66. The van der Waals surface area contributed by atoms with Crippen LogP contribution in [0.1, 0.15) is 30.7 Å². The smallest absolute Gasteiger partial charge is 0.159 e. The zero-order valence-electron chi connectivity index (χ0n) is 14.3. The molecule has 1 N–H and O–H groups in total. The summed E-state index contributed by atoms with van der Waals surface area (Å²) in [6.07, 6.45) is 1.07. The minimum Gasteiger partial charge on any atom is -0.159 e. The molecule has 0 saturated carbocycles. The van der Waals surface area contributed by atoms with Gasteiger partial charge in [-0.1, -0.05) is 42.6 Å². The van der Waals surface area contributed by atoms with Gasteiger partial charge in [0.15, 0.2) is 0 Å². The molecule has 0 fully saturated rings. The van der Waals surface area contributed by atoms with Crippen LogP contribution in [0.25, 0.3) is 27.2 Å². The van der Waals surface area contributed by atoms with E-state index in [0.717, 1.165) is 6.42 Å². The Hall–Kier alpha value is -2.35. The van der Waals surface area contributed by atoms with Gasteiger partial charge in [-0.05, 0) is 48.4 Å². The predicted octanol–water partition coefficient (Wildman–Crippen LogP) is 4.88. The van der Waals surface area contributed by atoms with Crippen LogP contribution in [0.3, 0.4) is 0 Å². The topological polar surface area (TPSA) is 19.9 Å². The molecule has 0 aliphatic heterocycles. The lowest BCUT2D eigenvalue weighted by Crippen LogP contribution is -2.30. The van der Waals surface area contributed by atoms with E-state index in [1.165, 1.54) is 44.0 Å². The Morgan fingerprint density at radius 2 is 1.78 bits per heavy atom. The van der Waals surface area contributed by atoms with E-state index < -0.39 is 0 Å². The van der Waals surface area contributed by atoms with Crippen LogP contribution in [0.2, 0.25) is 0 Å². The third-order valence-electron chi connectivity index (χ3n) is 4.62. The maximum Gasteiger partial charge on any atom is 0.253 e. The van der Waals surface area contributed by atoms with Crippen LogP contribution in [-0.4, -0.2) is 5.10 Å². The second-order valence-electron chi connectivity index (χ2n) is 7.12. The van der Waals surface area contributed by atoms with Gasteiger partial charge in [0.25, 0.3) is 5.52 Å². The number of benzene rings is 2. The fourth-order valence-electron chi connectivity index (χ4n) is 3.72. The molecule has 4 aromatic rings. The highest BCUT2D eigenvalue weighted by atomic mass is 15.2. The monoisotopic (exact) mass is 303 g/mol. The highest BCUT2D eigenvalue weighted by Gasteiger charge is 2.22. The predicted molar refractivity (Wildman–Crippen MR) is 97.0 cm³/mol. The molecular weight excluding hydrogens is 280 g/mol. The van der Waals surface area contributed by atoms with Gasteiger partial charge >= 0.3 is 0 Å². The minimum absolute atomic E-state index is 0.626. The van der Waals surface area contributed by atoms with Crippen molar-refractivity contribution in [2.45, 2.75) is 34.1 Å². The second-order valence-corrected chi connectivity index (χ2v) is 7.12. The summed E-state index contributed by atoms with van der Waals surface area (Å²) in [5.74, 6) is 0.626. The summed E-state index contributed by atoms with van der Waals surface area (Å²) in [5.41, 5.74) is 6.53. The zero-order valence-corrected chi connectivity index (χ0v) is 14.3. The van der Waals surface area contributed by atoms with Gasteiger partial charge in [0.2, 0.25) is 5.69 Å². The molecule has 2 nitrogen and oxygen atoms in total. The molecule has 0 aliphatic rings. The van der Waals surface area contributed by atoms with E-state index in [4.69, 9.17) is 0 Å². The van der Waals surface area contributed by atoms with Crippen LogP contribution in [0.5, 0.6) is 0 Å². The van der Waals surface area contributed by atoms with Crippen molar-refractivity contribution in [2.24, 2.45) is 5.92 Å². The maximum atomic E-state index is 3.66. The first kappa shape index (κ1) is 14.3. The van der Waals surface area contributed by atoms with Crippen LogP contribution >= 0.6 is 0 Å². The van der Waals surface area contributed by atoms with Crippen molar-refractivity contribution in [3.05, 3.63) is 59.3 Å². The SMILES string of the molecule is Cc1cc(C)c2[nH][n+]3c(CC(C)C)cc4ccccc4c3c2c1. The highest BCUT2D eigenvalue weighted by molar-refractivity contribution is 6.07. The standard InChI is InChI=1S/C21H22N2/c1-13(2)9-17-12-16-7-5-6-8-18(16)21-19-11-14(3)10-15(4)20(19)22-23(17)21/h5-8,10-13H,9H2,1-4H3/p+1. The molecule has 2 aromatic carbocycles. The molecule has 0 bridgehead atoms. The molecule has 2 heteroatoms. The molecule has 0 amide bonds. The van der Waals surface area contributed by atoms with Crippen molar-refractivity contribution < 1.29 is 4.52 Å². The van der Waals surface area contributed by atoms with Gasteiger partial charge in [-0.2, -0.15) is 5.10 Å². The van der Waals surface area contributed by atoms with E-state index in [0.29, 0.717) is 5.92 Å². The first-order chi connectivity index (χ1) is 11.0. The van der Waals surface area contributed by atoms with E-state index in [2.05, 4.69) is 79.8 Å². The van der Waals surface area contributed by atoms with Crippen LogP contribution < -0.4 is 4.52 Å². The Labute approximate surface area is 136 Å². The van der Waals surface area contributed by atoms with Gasteiger partial charge in [0, 0.05) is 12.5 Å². The van der Waals surface area contributed by atoms with Gasteiger partial charge in [-0.3, -0.25) is 0 Å². The zero-order chi connectivity index (χ0) is 16.1. The van der Waals surface area contributed by atoms with Gasteiger partial charge in [0.05, 0.1) is 10.8 Å². The van der Waals surface area contributed by atoms with E-state index >= 15 is 0 Å². The van der Waals surface area contributed by atoms with Crippen molar-refractivity contribution in [3.8, 4) is 0 Å². The Bertz CT molecular complexity index is 1040. The van der Waals surface area contributed by atoms with E-state index in [9.17, 15) is 0 Å². The third kappa shape index (κ3) is 2.21. The molecule has 23 heavy (non-hydrogen) atoms. The van der Waals surface area contributed by atoms with Crippen molar-refractivity contribution in [1.29, 1.82) is 0 Å². The van der Waals surface area contributed by atoms with Gasteiger partial charge < -0.3 is 0 Å². The lowest BCUT2D eigenvalue weighted by molar-refractivity contribution is -0.582. The molecule has 0 radical (unpaired) electrons. The number of aromatic amines is 1. The fraction of sp³-hybridized carbons (Fsp3) is 0.286. The molecule has 0 spiro atoms. The summed E-state index contributed by atoms with van der Waals surface area (Å²) >= 11 is 0. The number of nitrogens with zero attached hydrogens (tertiary/aromatic N) is 1. The van der Waals surface area contributed by atoms with Crippen LogP contribution in [-0.2, 0) is 6.42 Å². The molecule has 2 heterocycles. The number of pyridine rings is 1. The van der Waals surface area contributed by atoms with E-state index in [1.807, 2.05) is 0 Å². The lowest BCUT2D eigenvalue weighted by Gasteiger charge is -2.03. The van der Waals surface area contributed by atoms with Gasteiger partial charge in [-0.25, -0.2) is 0 Å². The first-order valence-electron chi connectivity index (χ1n) is 8.40. The summed E-state index contributed by atoms with van der Waals surface area (Å²) in [5, 5.41) is 7.62. The molecule has 2 aromatic heterocycles. The number of aryl methyl sites for hydroxylation is 2. The number of rotatable bonds is 2. The quantitative estimate of drug-likeness (QED) is 0.510. The van der Waals surface area contributed by atoms with Crippen molar-refractivity contribution in [2.75, 3.05) is 0 Å². The van der Waals surface area contributed by atoms with E-state index in [1.54, 1.807) is 0 Å². The molecule has 0 atom stereocenters. The number of H-pyrrole nitrogens is 1. The summed E-state index contributed by atoms with van der Waals surface area (Å²) in [6.45, 7) is 8.92. The number of aromatic nitrogens is 2. The Morgan fingerprint density at radius 1 is 1.00 bits per heavy atom. The van der Waals surface area contributed by atoms with Crippen LogP contribution in [0, 0.1) is 19.8 Å². The first-order valence-corrected chi connectivity index (χ1v) is 8.40. The summed E-state index contributed by atoms with van der Waals surface area (Å²) in [4.78, 5) is 0. The average Bonchev–Trinajstić information content (AvgIpc) is 2.87. The van der Waals surface area contributed by atoms with Gasteiger partial charge in [-0.15, -0.1) is 0 Å². The summed E-state index contributed by atoms with van der Waals surface area (Å²) in [6, 6.07) is 15.6.